The van der Waals surface area contributed by atoms with E-state index in [1.165, 1.54) is 25.7 Å². The van der Waals surface area contributed by atoms with Gasteiger partial charge in [-0.1, -0.05) is 71.1 Å². The first-order chi connectivity index (χ1) is 12.1. The molecule has 0 heterocycles. The van der Waals surface area contributed by atoms with Gasteiger partial charge in [-0.05, 0) is 6.42 Å². The predicted molar refractivity (Wildman–Crippen MR) is 96.5 cm³/mol. The molecule has 9 heteroatoms. The van der Waals surface area contributed by atoms with E-state index < -0.39 is 32.9 Å². The van der Waals surface area contributed by atoms with Crippen molar-refractivity contribution in [1.29, 1.82) is 0 Å². The van der Waals surface area contributed by atoms with E-state index in [0.717, 1.165) is 32.8 Å². The summed E-state index contributed by atoms with van der Waals surface area (Å²) in [7, 11) is -4.52. The molecule has 0 saturated carbocycles. The monoisotopic (exact) mass is 396 g/mol. The van der Waals surface area contributed by atoms with Crippen molar-refractivity contribution in [3.8, 4) is 0 Å². The summed E-state index contributed by atoms with van der Waals surface area (Å²) in [6.07, 6.45) is 9.77. The van der Waals surface area contributed by atoms with Crippen LogP contribution in [0.5, 0.6) is 0 Å². The average Bonchev–Trinajstić information content (AvgIpc) is 2.53. The SMILES string of the molecule is CCCCCCCCCCCCC(C(=O)O)C(OC)(C(=O)O)S(=O)(=O)O. The Morgan fingerprint density at radius 2 is 1.35 bits per heavy atom. The second-order valence-corrected chi connectivity index (χ2v) is 8.07. The number of methoxy groups -OCH3 is 1. The Kier molecular flexibility index (Phi) is 11.7. The number of unbranched alkanes of at least 4 members (excludes halogenated alkanes) is 9. The second kappa shape index (κ2) is 12.2. The van der Waals surface area contributed by atoms with Crippen LogP contribution >= 0.6 is 0 Å². The maximum absolute atomic E-state index is 11.5. The van der Waals surface area contributed by atoms with Crippen molar-refractivity contribution in [3.63, 3.8) is 0 Å². The maximum atomic E-state index is 11.5. The topological polar surface area (TPSA) is 138 Å². The summed E-state index contributed by atoms with van der Waals surface area (Å²) in [5.41, 5.74) is 0. The first-order valence-electron chi connectivity index (χ1n) is 9.13. The van der Waals surface area contributed by atoms with Gasteiger partial charge >= 0.3 is 27.0 Å². The molecule has 0 radical (unpaired) electrons. The summed E-state index contributed by atoms with van der Waals surface area (Å²) in [5.74, 6) is -5.57. The molecule has 0 saturated heterocycles. The molecule has 0 aliphatic heterocycles. The maximum Gasteiger partial charge on any atom is 0.355 e. The molecular formula is C17H32O8S. The number of hydrogen-bond acceptors (Lipinski definition) is 5. The zero-order valence-corrected chi connectivity index (χ0v) is 16.5. The third kappa shape index (κ3) is 7.20. The highest BCUT2D eigenvalue weighted by Crippen LogP contribution is 2.32. The minimum absolute atomic E-state index is 0.217. The van der Waals surface area contributed by atoms with Gasteiger partial charge in [-0.25, -0.2) is 4.79 Å². The van der Waals surface area contributed by atoms with Crippen LogP contribution in [-0.2, 0) is 24.4 Å². The Hall–Kier alpha value is -1.19. The molecule has 8 nitrogen and oxygen atoms in total. The van der Waals surface area contributed by atoms with E-state index in [2.05, 4.69) is 11.7 Å². The van der Waals surface area contributed by atoms with E-state index >= 15 is 0 Å². The van der Waals surface area contributed by atoms with Crippen molar-refractivity contribution in [2.75, 3.05) is 7.11 Å². The first-order valence-corrected chi connectivity index (χ1v) is 10.6. The van der Waals surface area contributed by atoms with Crippen molar-refractivity contribution < 1.29 is 37.5 Å². The summed E-state index contributed by atoms with van der Waals surface area (Å²) >= 11 is 0. The van der Waals surface area contributed by atoms with Crippen LogP contribution < -0.4 is 0 Å². The molecule has 0 aliphatic rings. The predicted octanol–water partition coefficient (Wildman–Crippen LogP) is 3.31. The van der Waals surface area contributed by atoms with Crippen molar-refractivity contribution in [2.24, 2.45) is 5.92 Å². The lowest BCUT2D eigenvalue weighted by atomic mass is 9.94. The van der Waals surface area contributed by atoms with E-state index in [0.29, 0.717) is 12.8 Å². The lowest BCUT2D eigenvalue weighted by Crippen LogP contribution is -2.56. The number of carbonyl (C=O) groups is 2. The van der Waals surface area contributed by atoms with Gasteiger partial charge in [0.25, 0.3) is 0 Å². The highest BCUT2D eigenvalue weighted by molar-refractivity contribution is 7.88. The van der Waals surface area contributed by atoms with Gasteiger partial charge in [0.2, 0.25) is 0 Å². The molecule has 26 heavy (non-hydrogen) atoms. The van der Waals surface area contributed by atoms with Crippen LogP contribution in [0.4, 0.5) is 0 Å². The number of rotatable bonds is 16. The van der Waals surface area contributed by atoms with Crippen molar-refractivity contribution >= 4 is 22.1 Å². The molecule has 2 unspecified atom stereocenters. The Balaban J connectivity index is 4.53. The van der Waals surface area contributed by atoms with Crippen LogP contribution in [0.3, 0.4) is 0 Å². The number of hydrogen-bond donors (Lipinski definition) is 3. The van der Waals surface area contributed by atoms with Gasteiger partial charge in [-0.2, -0.15) is 8.42 Å². The van der Waals surface area contributed by atoms with Gasteiger partial charge in [0.1, 0.15) is 5.92 Å². The van der Waals surface area contributed by atoms with Crippen molar-refractivity contribution in [2.45, 2.75) is 82.5 Å². The molecule has 0 bridgehead atoms. The summed E-state index contributed by atoms with van der Waals surface area (Å²) < 4.78 is 36.9. The van der Waals surface area contributed by atoms with E-state index in [9.17, 15) is 32.8 Å². The smallest absolute Gasteiger partial charge is 0.355 e. The number of carboxylic acid groups (broad SMARTS) is 2. The van der Waals surface area contributed by atoms with Crippen molar-refractivity contribution in [1.82, 2.24) is 0 Å². The van der Waals surface area contributed by atoms with Gasteiger partial charge in [0.05, 0.1) is 0 Å². The van der Waals surface area contributed by atoms with Gasteiger partial charge in [-0.3, -0.25) is 9.35 Å². The van der Waals surface area contributed by atoms with Crippen molar-refractivity contribution in [3.05, 3.63) is 0 Å². The van der Waals surface area contributed by atoms with E-state index in [-0.39, 0.29) is 6.42 Å². The molecule has 154 valence electrons. The summed E-state index contributed by atoms with van der Waals surface area (Å²) in [6.45, 7) is 2.16. The Labute approximate surface area is 155 Å². The molecule has 2 atom stereocenters. The quantitative estimate of drug-likeness (QED) is 0.267. The average molecular weight is 397 g/mol. The number of ether oxygens (including phenoxy) is 1. The lowest BCUT2D eigenvalue weighted by molar-refractivity contribution is -0.168. The minimum Gasteiger partial charge on any atom is -0.481 e. The van der Waals surface area contributed by atoms with Gasteiger partial charge in [-0.15, -0.1) is 0 Å². The van der Waals surface area contributed by atoms with Crippen LogP contribution in [0.25, 0.3) is 0 Å². The fourth-order valence-electron chi connectivity index (χ4n) is 3.09. The Morgan fingerprint density at radius 3 is 1.65 bits per heavy atom. The molecule has 0 aromatic heterocycles. The Morgan fingerprint density at radius 1 is 0.923 bits per heavy atom. The summed E-state index contributed by atoms with van der Waals surface area (Å²) in [5, 5.41) is 18.5. The summed E-state index contributed by atoms with van der Waals surface area (Å²) in [6, 6.07) is 0. The molecular weight excluding hydrogens is 364 g/mol. The fraction of sp³-hybridized carbons (Fsp3) is 0.882. The normalized spacial score (nSPS) is 15.3. The van der Waals surface area contributed by atoms with Crippen LogP contribution in [-0.4, -0.2) is 47.2 Å². The lowest BCUT2D eigenvalue weighted by Gasteiger charge is -2.30. The second-order valence-electron chi connectivity index (χ2n) is 6.51. The van der Waals surface area contributed by atoms with Gasteiger partial charge in [0, 0.05) is 7.11 Å². The third-order valence-electron chi connectivity index (χ3n) is 4.59. The molecule has 0 amide bonds. The van der Waals surface area contributed by atoms with E-state index in [1.54, 1.807) is 0 Å². The minimum atomic E-state index is -5.29. The van der Waals surface area contributed by atoms with Gasteiger partial charge in [0.15, 0.2) is 0 Å². The number of carboxylic acids is 2. The van der Waals surface area contributed by atoms with Crippen LogP contribution in [0.2, 0.25) is 0 Å². The van der Waals surface area contributed by atoms with Crippen LogP contribution in [0.15, 0.2) is 0 Å². The standard InChI is InChI=1S/C17H32O8S/c1-3-4-5-6-7-8-9-10-11-12-13-14(15(18)19)17(25-2,16(20)21)26(22,23)24/h14H,3-13H2,1-2H3,(H,18,19)(H,20,21)(H,22,23,24). The molecule has 3 N–H and O–H groups in total. The molecule has 0 aliphatic carbocycles. The molecule has 0 aromatic carbocycles. The number of aliphatic carboxylic acids is 2. The highest BCUT2D eigenvalue weighted by atomic mass is 32.2. The third-order valence-corrected chi connectivity index (χ3v) is 5.98. The first kappa shape index (κ1) is 24.8. The fourth-order valence-corrected chi connectivity index (χ4v) is 4.10. The zero-order valence-electron chi connectivity index (χ0n) is 15.6. The van der Waals surface area contributed by atoms with Crippen LogP contribution in [0.1, 0.15) is 77.6 Å². The summed E-state index contributed by atoms with van der Waals surface area (Å²) in [4.78, 5) is 19.6. The molecule has 0 aromatic rings. The van der Waals surface area contributed by atoms with Crippen LogP contribution in [0, 0.1) is 5.92 Å². The largest absolute Gasteiger partial charge is 0.481 e. The van der Waals surface area contributed by atoms with E-state index in [1.807, 2.05) is 0 Å². The zero-order chi connectivity index (χ0) is 20.2. The molecule has 0 spiro atoms. The van der Waals surface area contributed by atoms with E-state index in [4.69, 9.17) is 0 Å². The molecule has 0 fully saturated rings. The van der Waals surface area contributed by atoms with Gasteiger partial charge < -0.3 is 14.9 Å². The Bertz CT molecular complexity index is 531. The molecule has 0 rings (SSSR count). The highest BCUT2D eigenvalue weighted by Gasteiger charge is 2.60.